The molecule has 0 radical (unpaired) electrons. The van der Waals surface area contributed by atoms with Gasteiger partial charge < -0.3 is 19.9 Å². The highest BCUT2D eigenvalue weighted by molar-refractivity contribution is 6.34. The van der Waals surface area contributed by atoms with E-state index in [0.29, 0.717) is 48.4 Å². The Hall–Kier alpha value is -3.18. The second-order valence-electron chi connectivity index (χ2n) is 12.0. The lowest BCUT2D eigenvalue weighted by Crippen LogP contribution is -2.48. The van der Waals surface area contributed by atoms with Crippen molar-refractivity contribution in [1.29, 1.82) is 5.26 Å². The first-order valence-electron chi connectivity index (χ1n) is 13.8. The van der Waals surface area contributed by atoms with Gasteiger partial charge in [0.05, 0.1) is 16.2 Å². The van der Waals surface area contributed by atoms with E-state index in [-0.39, 0.29) is 39.8 Å². The molecular formula is C32H29ClF2N2O3. The summed E-state index contributed by atoms with van der Waals surface area (Å²) in [6.07, 6.45) is 4.03. The largest absolute Gasteiger partial charge is 0.489 e. The molecule has 2 unspecified atom stereocenters. The fourth-order valence-electron chi connectivity index (χ4n) is 6.74. The van der Waals surface area contributed by atoms with E-state index < -0.39 is 22.8 Å². The van der Waals surface area contributed by atoms with Gasteiger partial charge in [0.25, 0.3) is 0 Å². The second-order valence-corrected chi connectivity index (χ2v) is 12.3. The summed E-state index contributed by atoms with van der Waals surface area (Å²) in [6, 6.07) is 14.8. The van der Waals surface area contributed by atoms with Gasteiger partial charge >= 0.3 is 0 Å². The number of hydrogen-bond donors (Lipinski definition) is 2. The summed E-state index contributed by atoms with van der Waals surface area (Å²) in [6.45, 7) is 2.29. The number of nitriles is 1. The maximum atomic E-state index is 16.2. The van der Waals surface area contributed by atoms with Crippen LogP contribution in [0.3, 0.4) is 0 Å². The zero-order valence-corrected chi connectivity index (χ0v) is 22.8. The third kappa shape index (κ3) is 4.08. The minimum absolute atomic E-state index is 0.00748. The molecule has 0 amide bonds. The van der Waals surface area contributed by atoms with Crippen molar-refractivity contribution in [2.24, 2.45) is 0 Å². The third-order valence-electron chi connectivity index (χ3n) is 9.11. The fraction of sp³-hybridized carbons (Fsp3) is 0.406. The lowest BCUT2D eigenvalue weighted by Gasteiger charge is -2.36. The van der Waals surface area contributed by atoms with E-state index in [9.17, 15) is 10.4 Å². The molecule has 2 saturated carbocycles. The van der Waals surface area contributed by atoms with E-state index in [1.165, 1.54) is 6.07 Å². The Balaban J connectivity index is 1.32. The Bertz CT molecular complexity index is 1560. The molecule has 5 nitrogen and oxygen atoms in total. The Kier molecular flexibility index (Phi) is 5.91. The predicted molar refractivity (Wildman–Crippen MR) is 147 cm³/mol. The van der Waals surface area contributed by atoms with E-state index in [1.807, 2.05) is 37.3 Å². The number of nitrogens with zero attached hydrogens (tertiary/aromatic N) is 1. The number of benzene rings is 3. The molecule has 0 aromatic heterocycles. The molecule has 8 heteroatoms. The van der Waals surface area contributed by atoms with Crippen LogP contribution in [0.4, 0.5) is 8.78 Å². The van der Waals surface area contributed by atoms with Gasteiger partial charge in [0, 0.05) is 53.2 Å². The Morgan fingerprint density at radius 3 is 2.60 bits per heavy atom. The molecule has 40 heavy (non-hydrogen) atoms. The van der Waals surface area contributed by atoms with Gasteiger partial charge in [-0.2, -0.15) is 5.26 Å². The molecule has 2 aliphatic heterocycles. The first-order valence-corrected chi connectivity index (χ1v) is 14.2. The van der Waals surface area contributed by atoms with Crippen LogP contribution in [0.1, 0.15) is 67.2 Å². The predicted octanol–water partition coefficient (Wildman–Crippen LogP) is 6.52. The van der Waals surface area contributed by atoms with Crippen molar-refractivity contribution in [3.8, 4) is 28.7 Å². The van der Waals surface area contributed by atoms with E-state index in [0.717, 1.165) is 24.8 Å². The highest BCUT2D eigenvalue weighted by Crippen LogP contribution is 2.58. The van der Waals surface area contributed by atoms with Crippen LogP contribution in [0.15, 0.2) is 42.5 Å². The molecule has 3 aromatic carbocycles. The van der Waals surface area contributed by atoms with Gasteiger partial charge in [-0.25, -0.2) is 8.78 Å². The molecule has 3 atom stereocenters. The van der Waals surface area contributed by atoms with Crippen LogP contribution in [0.2, 0.25) is 5.02 Å². The van der Waals surface area contributed by atoms with Crippen LogP contribution in [-0.4, -0.2) is 29.4 Å². The van der Waals surface area contributed by atoms with Crippen molar-refractivity contribution in [3.63, 3.8) is 0 Å². The first-order chi connectivity index (χ1) is 19.2. The van der Waals surface area contributed by atoms with E-state index in [1.54, 1.807) is 6.07 Å². The molecule has 2 aliphatic carbocycles. The van der Waals surface area contributed by atoms with Gasteiger partial charge in [0.15, 0.2) is 5.60 Å². The molecule has 4 aliphatic rings. The number of nitrogens with one attached hydrogen (secondary N) is 1. The lowest BCUT2D eigenvalue weighted by atomic mass is 9.82. The summed E-state index contributed by atoms with van der Waals surface area (Å²) < 4.78 is 44.0. The van der Waals surface area contributed by atoms with Crippen LogP contribution < -0.4 is 14.8 Å². The maximum absolute atomic E-state index is 16.2. The molecule has 0 bridgehead atoms. The number of aliphatic hydroxyl groups is 1. The lowest BCUT2D eigenvalue weighted by molar-refractivity contribution is 0.0104. The SMILES string of the molecule is CC1(O)CCC(NC[C@@]2(c3ccccc3)Cc3c(cc(F)c(Cl)c3-c3c(C#N)cc4c(c3F)C3CC3O4)O2)CC1. The quantitative estimate of drug-likeness (QED) is 0.370. The summed E-state index contributed by atoms with van der Waals surface area (Å²) in [7, 11) is 0. The molecule has 2 fully saturated rings. The fourth-order valence-corrected chi connectivity index (χ4v) is 7.01. The van der Waals surface area contributed by atoms with Gasteiger partial charge in [-0.3, -0.25) is 0 Å². The van der Waals surface area contributed by atoms with Crippen molar-refractivity contribution in [2.45, 2.75) is 74.7 Å². The highest BCUT2D eigenvalue weighted by atomic mass is 35.5. The first kappa shape index (κ1) is 25.8. The Labute approximate surface area is 236 Å². The van der Waals surface area contributed by atoms with Gasteiger partial charge in [-0.1, -0.05) is 41.9 Å². The molecular weight excluding hydrogens is 534 g/mol. The van der Waals surface area contributed by atoms with Gasteiger partial charge in [0.2, 0.25) is 0 Å². The number of halogens is 3. The van der Waals surface area contributed by atoms with E-state index in [2.05, 4.69) is 11.4 Å². The van der Waals surface area contributed by atoms with E-state index in [4.69, 9.17) is 21.1 Å². The average molecular weight is 563 g/mol. The zero-order valence-electron chi connectivity index (χ0n) is 22.1. The summed E-state index contributed by atoms with van der Waals surface area (Å²) in [5.74, 6) is -0.682. The van der Waals surface area contributed by atoms with Gasteiger partial charge in [-0.05, 0) is 50.7 Å². The van der Waals surface area contributed by atoms with Crippen molar-refractivity contribution in [2.75, 3.05) is 6.54 Å². The monoisotopic (exact) mass is 562 g/mol. The average Bonchev–Trinajstić information content (AvgIpc) is 3.44. The van der Waals surface area contributed by atoms with Gasteiger partial charge in [0.1, 0.15) is 35.3 Å². The standard InChI is InChI=1S/C32H29ClF2N2O3/c1-31(38)9-7-19(8-10-31)37-16-32(18-5-3-2-4-6-18)14-21-24(40-32)13-22(34)29(33)28(21)26-17(15-36)11-25-27(30(26)35)20-12-23(20)39-25/h2-6,11,13,19-20,23,37-38H,7-10,12,14,16H2,1H3/t19?,20?,23?,31?,32-/m1/s1. The van der Waals surface area contributed by atoms with Crippen LogP contribution in [0, 0.1) is 23.0 Å². The highest BCUT2D eigenvalue weighted by Gasteiger charge is 2.51. The maximum Gasteiger partial charge on any atom is 0.150 e. The van der Waals surface area contributed by atoms with Crippen LogP contribution in [-0.2, 0) is 12.0 Å². The van der Waals surface area contributed by atoms with Crippen LogP contribution >= 0.6 is 11.6 Å². The van der Waals surface area contributed by atoms with Crippen molar-refractivity contribution < 1.29 is 23.4 Å². The zero-order chi connectivity index (χ0) is 27.8. The number of rotatable bonds is 5. The molecule has 0 spiro atoms. The summed E-state index contributed by atoms with van der Waals surface area (Å²) in [4.78, 5) is 0. The summed E-state index contributed by atoms with van der Waals surface area (Å²) in [5.41, 5.74) is 0.589. The molecule has 2 N–H and O–H groups in total. The Morgan fingerprint density at radius 1 is 1.12 bits per heavy atom. The molecule has 7 rings (SSSR count). The molecule has 206 valence electrons. The smallest absolute Gasteiger partial charge is 0.150 e. The number of fused-ring (bicyclic) bond motifs is 4. The minimum atomic E-state index is -0.903. The molecule has 3 aromatic rings. The van der Waals surface area contributed by atoms with Crippen LogP contribution in [0.5, 0.6) is 11.5 Å². The third-order valence-corrected chi connectivity index (χ3v) is 9.48. The Morgan fingerprint density at radius 2 is 1.88 bits per heavy atom. The van der Waals surface area contributed by atoms with E-state index >= 15 is 8.78 Å². The second kappa shape index (κ2) is 9.17. The minimum Gasteiger partial charge on any atom is -0.489 e. The van der Waals surface area contributed by atoms with Crippen molar-refractivity contribution in [3.05, 3.63) is 81.4 Å². The summed E-state index contributed by atoms with van der Waals surface area (Å²) in [5, 5.41) is 23.8. The van der Waals surface area contributed by atoms with Crippen molar-refractivity contribution >= 4 is 11.6 Å². The normalized spacial score (nSPS) is 29.6. The molecule has 2 heterocycles. The molecule has 0 saturated heterocycles. The van der Waals surface area contributed by atoms with Crippen LogP contribution in [0.25, 0.3) is 11.1 Å². The van der Waals surface area contributed by atoms with Gasteiger partial charge in [-0.15, -0.1) is 0 Å². The van der Waals surface area contributed by atoms with Crippen molar-refractivity contribution in [1.82, 2.24) is 5.32 Å². The summed E-state index contributed by atoms with van der Waals surface area (Å²) >= 11 is 6.60. The topological polar surface area (TPSA) is 74.5 Å². The number of ether oxygens (including phenoxy) is 2. The number of hydrogen-bond acceptors (Lipinski definition) is 5.